The minimum Gasteiger partial charge on any atom is -0.368 e. The van der Waals surface area contributed by atoms with E-state index in [9.17, 15) is 0 Å². The molecule has 1 fully saturated rings. The van der Waals surface area contributed by atoms with E-state index in [0.29, 0.717) is 12.6 Å². The fourth-order valence-corrected chi connectivity index (χ4v) is 3.72. The van der Waals surface area contributed by atoms with Crippen LogP contribution in [0.2, 0.25) is 0 Å². The Labute approximate surface area is 137 Å². The van der Waals surface area contributed by atoms with Gasteiger partial charge >= 0.3 is 0 Å². The molecule has 5 heteroatoms. The summed E-state index contributed by atoms with van der Waals surface area (Å²) in [6.07, 6.45) is 4.11. The molecule has 1 unspecified atom stereocenters. The van der Waals surface area contributed by atoms with Crippen molar-refractivity contribution in [3.63, 3.8) is 0 Å². The van der Waals surface area contributed by atoms with E-state index in [1.165, 1.54) is 25.8 Å². The second-order valence-corrected chi connectivity index (χ2v) is 6.58. The van der Waals surface area contributed by atoms with E-state index in [2.05, 4.69) is 39.0 Å². The minimum absolute atomic E-state index is 0.259. The van der Waals surface area contributed by atoms with Crippen molar-refractivity contribution >= 4 is 0 Å². The molecule has 1 saturated heterocycles. The molecule has 2 aliphatic rings. The summed E-state index contributed by atoms with van der Waals surface area (Å²) in [5.41, 5.74) is 3.20. The molecule has 2 aliphatic heterocycles. The van der Waals surface area contributed by atoms with Gasteiger partial charge in [-0.2, -0.15) is 0 Å². The third-order valence-corrected chi connectivity index (χ3v) is 4.98. The monoisotopic (exact) mass is 312 g/mol. The Morgan fingerprint density at radius 1 is 1.17 bits per heavy atom. The Morgan fingerprint density at radius 3 is 2.87 bits per heavy atom. The maximum absolute atomic E-state index is 6.14. The predicted octanol–water partition coefficient (Wildman–Crippen LogP) is 2.89. The van der Waals surface area contributed by atoms with Crippen molar-refractivity contribution < 1.29 is 4.74 Å². The van der Waals surface area contributed by atoms with Gasteiger partial charge in [0.2, 0.25) is 0 Å². The predicted molar refractivity (Wildman–Crippen MR) is 89.0 cm³/mol. The molecule has 1 aromatic heterocycles. The number of benzene rings is 1. The smallest absolute Gasteiger partial charge is 0.118 e. The highest BCUT2D eigenvalue weighted by Crippen LogP contribution is 2.34. The summed E-state index contributed by atoms with van der Waals surface area (Å²) in [6, 6.07) is 10.6. The zero-order valence-corrected chi connectivity index (χ0v) is 13.7. The molecule has 0 radical (unpaired) electrons. The van der Waals surface area contributed by atoms with Gasteiger partial charge in [0.1, 0.15) is 5.69 Å². The number of fused-ring (bicyclic) bond motifs is 3. The number of hydrogen-bond donors (Lipinski definition) is 0. The molecule has 0 aliphatic carbocycles. The number of aromatic nitrogens is 3. The standard InChI is InChI=1S/C18H24N4O/c1-2-3-7-10-21-11-15-17(12-21)23-13-16-18(19-20-22(15)16)14-8-5-4-6-9-14/h4-6,8-9,15,17H,2-3,7,10-13H2,1H3/t15-,17?/m1/s1. The first-order valence-electron chi connectivity index (χ1n) is 8.70. The van der Waals surface area contributed by atoms with Crippen molar-refractivity contribution in [2.24, 2.45) is 0 Å². The summed E-state index contributed by atoms with van der Waals surface area (Å²) >= 11 is 0. The molecule has 23 heavy (non-hydrogen) atoms. The first kappa shape index (κ1) is 14.8. The highest BCUT2D eigenvalue weighted by atomic mass is 16.5. The van der Waals surface area contributed by atoms with E-state index in [1.54, 1.807) is 0 Å². The van der Waals surface area contributed by atoms with Crippen LogP contribution in [-0.4, -0.2) is 45.6 Å². The van der Waals surface area contributed by atoms with Crippen molar-refractivity contribution in [1.29, 1.82) is 0 Å². The lowest BCUT2D eigenvalue weighted by Gasteiger charge is -2.26. The number of likely N-dealkylation sites (tertiary alicyclic amines) is 1. The average Bonchev–Trinajstić information content (AvgIpc) is 3.19. The van der Waals surface area contributed by atoms with Crippen LogP contribution in [0.4, 0.5) is 0 Å². The van der Waals surface area contributed by atoms with Crippen LogP contribution in [0.1, 0.15) is 37.9 Å². The Hall–Kier alpha value is -1.72. The molecule has 0 amide bonds. The molecule has 3 heterocycles. The summed E-state index contributed by atoms with van der Waals surface area (Å²) in [6.45, 7) is 6.08. The molecule has 2 atom stereocenters. The summed E-state index contributed by atoms with van der Waals surface area (Å²) in [5, 5.41) is 8.91. The van der Waals surface area contributed by atoms with Crippen LogP contribution in [0.3, 0.4) is 0 Å². The number of nitrogens with zero attached hydrogens (tertiary/aromatic N) is 4. The Morgan fingerprint density at radius 2 is 2.04 bits per heavy atom. The van der Waals surface area contributed by atoms with E-state index in [4.69, 9.17) is 4.74 Å². The summed E-state index contributed by atoms with van der Waals surface area (Å²) in [4.78, 5) is 2.52. The second kappa shape index (κ2) is 6.42. The van der Waals surface area contributed by atoms with E-state index in [0.717, 1.165) is 30.0 Å². The molecule has 1 aromatic carbocycles. The van der Waals surface area contributed by atoms with Crippen LogP contribution in [0.5, 0.6) is 0 Å². The molecule has 5 nitrogen and oxygen atoms in total. The lowest BCUT2D eigenvalue weighted by atomic mass is 10.1. The first-order chi connectivity index (χ1) is 11.4. The van der Waals surface area contributed by atoms with Crippen LogP contribution in [0.15, 0.2) is 30.3 Å². The van der Waals surface area contributed by atoms with Gasteiger partial charge in [0.15, 0.2) is 0 Å². The fraction of sp³-hybridized carbons (Fsp3) is 0.556. The van der Waals surface area contributed by atoms with Gasteiger partial charge in [0, 0.05) is 18.7 Å². The summed E-state index contributed by atoms with van der Waals surface area (Å²) in [5.74, 6) is 0. The van der Waals surface area contributed by atoms with Gasteiger partial charge in [-0.3, -0.25) is 4.90 Å². The van der Waals surface area contributed by atoms with Crippen molar-refractivity contribution in [1.82, 2.24) is 19.9 Å². The summed E-state index contributed by atoms with van der Waals surface area (Å²) in [7, 11) is 0. The van der Waals surface area contributed by atoms with Gasteiger partial charge in [0.05, 0.1) is 24.4 Å². The maximum Gasteiger partial charge on any atom is 0.118 e. The third-order valence-electron chi connectivity index (χ3n) is 4.98. The van der Waals surface area contributed by atoms with Gasteiger partial charge < -0.3 is 4.74 Å². The zero-order valence-electron chi connectivity index (χ0n) is 13.7. The Kier molecular flexibility index (Phi) is 4.14. The van der Waals surface area contributed by atoms with Gasteiger partial charge in [-0.15, -0.1) is 5.10 Å². The largest absolute Gasteiger partial charge is 0.368 e. The lowest BCUT2D eigenvalue weighted by Crippen LogP contribution is -2.32. The average molecular weight is 312 g/mol. The zero-order chi connectivity index (χ0) is 15.6. The highest BCUT2D eigenvalue weighted by molar-refractivity contribution is 5.61. The maximum atomic E-state index is 6.14. The Bertz CT molecular complexity index is 654. The molecule has 0 bridgehead atoms. The van der Waals surface area contributed by atoms with Gasteiger partial charge in [-0.1, -0.05) is 55.3 Å². The third kappa shape index (κ3) is 2.79. The molecular formula is C18H24N4O. The highest BCUT2D eigenvalue weighted by Gasteiger charge is 2.40. The lowest BCUT2D eigenvalue weighted by molar-refractivity contribution is -0.00481. The molecule has 0 spiro atoms. The van der Waals surface area contributed by atoms with Crippen LogP contribution >= 0.6 is 0 Å². The number of unbranched alkanes of at least 4 members (excludes halogenated alkanes) is 2. The molecular weight excluding hydrogens is 288 g/mol. The number of ether oxygens (including phenoxy) is 1. The molecule has 0 N–H and O–H groups in total. The van der Waals surface area contributed by atoms with Gasteiger partial charge in [-0.25, -0.2) is 4.68 Å². The SMILES string of the molecule is CCCCCN1CC2OCc3c(-c4ccccc4)nnn3[C@@H]2C1. The quantitative estimate of drug-likeness (QED) is 0.796. The van der Waals surface area contributed by atoms with Crippen molar-refractivity contribution in [2.45, 2.75) is 44.9 Å². The topological polar surface area (TPSA) is 43.2 Å². The van der Waals surface area contributed by atoms with Crippen LogP contribution in [-0.2, 0) is 11.3 Å². The van der Waals surface area contributed by atoms with Gasteiger partial charge in [0.25, 0.3) is 0 Å². The molecule has 122 valence electrons. The number of rotatable bonds is 5. The molecule has 2 aromatic rings. The number of hydrogen-bond acceptors (Lipinski definition) is 4. The Balaban J connectivity index is 1.53. The second-order valence-electron chi connectivity index (χ2n) is 6.58. The minimum atomic E-state index is 0.259. The van der Waals surface area contributed by atoms with E-state index >= 15 is 0 Å². The van der Waals surface area contributed by atoms with Crippen molar-refractivity contribution in [3.8, 4) is 11.3 Å². The van der Waals surface area contributed by atoms with Crippen LogP contribution in [0.25, 0.3) is 11.3 Å². The van der Waals surface area contributed by atoms with Crippen LogP contribution in [0, 0.1) is 0 Å². The first-order valence-corrected chi connectivity index (χ1v) is 8.70. The van der Waals surface area contributed by atoms with Crippen LogP contribution < -0.4 is 0 Å². The van der Waals surface area contributed by atoms with Crippen molar-refractivity contribution in [2.75, 3.05) is 19.6 Å². The summed E-state index contributed by atoms with van der Waals surface area (Å²) < 4.78 is 8.26. The van der Waals surface area contributed by atoms with E-state index in [-0.39, 0.29) is 6.10 Å². The fourth-order valence-electron chi connectivity index (χ4n) is 3.72. The molecule has 4 rings (SSSR count). The van der Waals surface area contributed by atoms with E-state index < -0.39 is 0 Å². The van der Waals surface area contributed by atoms with E-state index in [1.807, 2.05) is 18.2 Å². The normalized spacial score (nSPS) is 23.7. The van der Waals surface area contributed by atoms with Gasteiger partial charge in [-0.05, 0) is 13.0 Å². The van der Waals surface area contributed by atoms with Crippen molar-refractivity contribution in [3.05, 3.63) is 36.0 Å². The molecule has 0 saturated carbocycles.